The number of nitrogens with one attached hydrogen (secondary N) is 1. The Morgan fingerprint density at radius 3 is 2.73 bits per heavy atom. The van der Waals surface area contributed by atoms with Gasteiger partial charge in [-0.25, -0.2) is 4.98 Å². The van der Waals surface area contributed by atoms with E-state index in [1.807, 2.05) is 6.07 Å². The molecule has 1 aromatic rings. The molecule has 1 heterocycles. The van der Waals surface area contributed by atoms with Gasteiger partial charge in [-0.15, -0.1) is 0 Å². The molecular formula is C11H14BrClN2. The summed E-state index contributed by atoms with van der Waals surface area (Å²) in [6.07, 6.45) is 6.70. The number of halogens is 2. The third-order valence-electron chi connectivity index (χ3n) is 2.94. The molecule has 0 radical (unpaired) electrons. The monoisotopic (exact) mass is 288 g/mol. The van der Waals surface area contributed by atoms with Crippen LogP contribution in [0.1, 0.15) is 32.6 Å². The second kappa shape index (κ2) is 4.30. The van der Waals surface area contributed by atoms with Gasteiger partial charge in [0, 0.05) is 11.7 Å². The van der Waals surface area contributed by atoms with E-state index >= 15 is 0 Å². The minimum absolute atomic E-state index is 0.198. The van der Waals surface area contributed by atoms with Crippen LogP contribution in [0.2, 0.25) is 5.02 Å². The number of pyridine rings is 1. The second-order valence-corrected chi connectivity index (χ2v) is 5.67. The first kappa shape index (κ1) is 11.2. The molecule has 0 amide bonds. The van der Waals surface area contributed by atoms with Crippen molar-refractivity contribution in [1.82, 2.24) is 4.98 Å². The van der Waals surface area contributed by atoms with Gasteiger partial charge in [0.2, 0.25) is 0 Å². The van der Waals surface area contributed by atoms with Crippen molar-refractivity contribution < 1.29 is 0 Å². The summed E-state index contributed by atoms with van der Waals surface area (Å²) < 4.78 is 0.933. The zero-order valence-corrected chi connectivity index (χ0v) is 11.0. The first-order valence-electron chi connectivity index (χ1n) is 5.18. The average molecular weight is 290 g/mol. The molecule has 82 valence electrons. The lowest BCUT2D eigenvalue weighted by Gasteiger charge is -2.26. The van der Waals surface area contributed by atoms with E-state index in [0.717, 1.165) is 10.3 Å². The number of rotatable bonds is 2. The van der Waals surface area contributed by atoms with Crippen LogP contribution in [0.4, 0.5) is 5.82 Å². The fraction of sp³-hybridized carbons (Fsp3) is 0.545. The van der Waals surface area contributed by atoms with Gasteiger partial charge in [0.1, 0.15) is 5.82 Å². The molecule has 1 aliphatic rings. The van der Waals surface area contributed by atoms with Crippen molar-refractivity contribution in [1.29, 1.82) is 0 Å². The van der Waals surface area contributed by atoms with E-state index in [9.17, 15) is 0 Å². The molecule has 1 N–H and O–H groups in total. The molecule has 1 aliphatic carbocycles. The highest BCUT2D eigenvalue weighted by Gasteiger charge is 2.29. The summed E-state index contributed by atoms with van der Waals surface area (Å²) in [7, 11) is 0. The average Bonchev–Trinajstić information content (AvgIpc) is 2.58. The van der Waals surface area contributed by atoms with E-state index in [1.54, 1.807) is 6.20 Å². The molecule has 1 fully saturated rings. The summed E-state index contributed by atoms with van der Waals surface area (Å²) in [5.41, 5.74) is 0.198. The number of anilines is 1. The minimum atomic E-state index is 0.198. The molecule has 1 saturated carbocycles. The Bertz CT molecular complexity index is 362. The summed E-state index contributed by atoms with van der Waals surface area (Å²) >= 11 is 9.32. The van der Waals surface area contributed by atoms with Gasteiger partial charge >= 0.3 is 0 Å². The highest BCUT2D eigenvalue weighted by molar-refractivity contribution is 9.10. The lowest BCUT2D eigenvalue weighted by Crippen LogP contribution is -2.31. The van der Waals surface area contributed by atoms with Crippen molar-refractivity contribution in [2.45, 2.75) is 38.1 Å². The van der Waals surface area contributed by atoms with Crippen LogP contribution >= 0.6 is 27.5 Å². The van der Waals surface area contributed by atoms with Gasteiger partial charge in [0.15, 0.2) is 0 Å². The lowest BCUT2D eigenvalue weighted by molar-refractivity contribution is 0.530. The highest BCUT2D eigenvalue weighted by Crippen LogP contribution is 2.34. The van der Waals surface area contributed by atoms with E-state index < -0.39 is 0 Å². The van der Waals surface area contributed by atoms with Crippen LogP contribution in [0.15, 0.2) is 16.7 Å². The van der Waals surface area contributed by atoms with Crippen LogP contribution in [0, 0.1) is 0 Å². The SMILES string of the molecule is CC1(Nc2ncc(Cl)cc2Br)CCCC1. The molecule has 1 aromatic heterocycles. The maximum absolute atomic E-state index is 5.85. The van der Waals surface area contributed by atoms with E-state index in [1.165, 1.54) is 25.7 Å². The molecule has 0 bridgehead atoms. The minimum Gasteiger partial charge on any atom is -0.364 e. The van der Waals surface area contributed by atoms with Gasteiger partial charge in [0.25, 0.3) is 0 Å². The molecule has 0 aromatic carbocycles. The largest absolute Gasteiger partial charge is 0.364 e. The Balaban J connectivity index is 2.16. The van der Waals surface area contributed by atoms with Crippen LogP contribution in [-0.4, -0.2) is 10.5 Å². The standard InChI is InChI=1S/C11H14BrClN2/c1-11(4-2-3-5-11)15-10-9(12)6-8(13)7-14-10/h6-7H,2-5H2,1H3,(H,14,15). The lowest BCUT2D eigenvalue weighted by atomic mass is 10.0. The first-order valence-corrected chi connectivity index (χ1v) is 6.35. The maximum atomic E-state index is 5.85. The van der Waals surface area contributed by atoms with Gasteiger partial charge in [-0.1, -0.05) is 24.4 Å². The Labute approximate surface area is 104 Å². The quantitative estimate of drug-likeness (QED) is 0.881. The van der Waals surface area contributed by atoms with Crippen molar-refractivity contribution in [2.24, 2.45) is 0 Å². The number of aromatic nitrogens is 1. The van der Waals surface area contributed by atoms with E-state index in [-0.39, 0.29) is 5.54 Å². The van der Waals surface area contributed by atoms with Gasteiger partial charge in [-0.2, -0.15) is 0 Å². The molecule has 0 atom stereocenters. The molecule has 15 heavy (non-hydrogen) atoms. The fourth-order valence-corrected chi connectivity index (χ4v) is 2.81. The predicted molar refractivity (Wildman–Crippen MR) is 67.4 cm³/mol. The van der Waals surface area contributed by atoms with E-state index in [2.05, 4.69) is 33.2 Å². The molecule has 0 unspecified atom stereocenters. The Morgan fingerprint density at radius 1 is 1.47 bits per heavy atom. The Morgan fingerprint density at radius 2 is 2.13 bits per heavy atom. The van der Waals surface area contributed by atoms with Crippen molar-refractivity contribution in [3.63, 3.8) is 0 Å². The number of hydrogen-bond donors (Lipinski definition) is 1. The summed E-state index contributed by atoms with van der Waals surface area (Å²) in [6.45, 7) is 2.25. The summed E-state index contributed by atoms with van der Waals surface area (Å²) in [5, 5.41) is 4.15. The molecule has 2 rings (SSSR count). The Kier molecular flexibility index (Phi) is 3.21. The molecule has 4 heteroatoms. The predicted octanol–water partition coefficient (Wildman–Crippen LogP) is 4.24. The van der Waals surface area contributed by atoms with Crippen molar-refractivity contribution in [3.05, 3.63) is 21.8 Å². The van der Waals surface area contributed by atoms with Crippen LogP contribution in [-0.2, 0) is 0 Å². The summed E-state index contributed by atoms with van der Waals surface area (Å²) in [6, 6.07) is 1.87. The van der Waals surface area contributed by atoms with Gasteiger partial charge < -0.3 is 5.32 Å². The zero-order chi connectivity index (χ0) is 10.9. The van der Waals surface area contributed by atoms with Crippen molar-refractivity contribution in [2.75, 3.05) is 5.32 Å². The number of hydrogen-bond acceptors (Lipinski definition) is 2. The maximum Gasteiger partial charge on any atom is 0.140 e. The Hall–Kier alpha value is -0.280. The van der Waals surface area contributed by atoms with Gasteiger partial charge in [-0.3, -0.25) is 0 Å². The normalized spacial score (nSPS) is 19.1. The van der Waals surface area contributed by atoms with E-state index in [0.29, 0.717) is 5.02 Å². The third-order valence-corrected chi connectivity index (χ3v) is 3.75. The second-order valence-electron chi connectivity index (χ2n) is 4.38. The zero-order valence-electron chi connectivity index (χ0n) is 8.69. The fourth-order valence-electron chi connectivity index (χ4n) is 2.07. The van der Waals surface area contributed by atoms with Gasteiger partial charge in [0.05, 0.1) is 9.50 Å². The topological polar surface area (TPSA) is 24.9 Å². The smallest absolute Gasteiger partial charge is 0.140 e. The van der Waals surface area contributed by atoms with Crippen LogP contribution in [0.5, 0.6) is 0 Å². The molecule has 0 aliphatic heterocycles. The first-order chi connectivity index (χ1) is 7.09. The number of nitrogens with zero attached hydrogens (tertiary/aromatic N) is 1. The van der Waals surface area contributed by atoms with E-state index in [4.69, 9.17) is 11.6 Å². The molecule has 2 nitrogen and oxygen atoms in total. The van der Waals surface area contributed by atoms with Crippen LogP contribution in [0.3, 0.4) is 0 Å². The molecule has 0 saturated heterocycles. The molecule has 0 spiro atoms. The third kappa shape index (κ3) is 2.64. The van der Waals surface area contributed by atoms with Gasteiger partial charge in [-0.05, 0) is 41.8 Å². The van der Waals surface area contributed by atoms with Crippen LogP contribution in [0.25, 0.3) is 0 Å². The summed E-state index contributed by atoms with van der Waals surface area (Å²) in [4.78, 5) is 4.30. The molecular weight excluding hydrogens is 275 g/mol. The van der Waals surface area contributed by atoms with Crippen molar-refractivity contribution >= 4 is 33.3 Å². The van der Waals surface area contributed by atoms with Crippen molar-refractivity contribution in [3.8, 4) is 0 Å². The highest BCUT2D eigenvalue weighted by atomic mass is 79.9. The van der Waals surface area contributed by atoms with Crippen LogP contribution < -0.4 is 5.32 Å². The summed E-state index contributed by atoms with van der Waals surface area (Å²) in [5.74, 6) is 0.892.